The van der Waals surface area contributed by atoms with Crippen LogP contribution in [-0.2, 0) is 21.7 Å². The van der Waals surface area contributed by atoms with E-state index in [1.807, 2.05) is 0 Å². The predicted octanol–water partition coefficient (Wildman–Crippen LogP) is -24.8. The number of halogens is 6. The van der Waals surface area contributed by atoms with E-state index in [1.54, 1.807) is 0 Å². The molecule has 0 fully saturated rings. The molecule has 56 valence electrons. The van der Waals surface area contributed by atoms with E-state index in [0.29, 0.717) is 0 Å². The normalized spacial score (nSPS) is 0. The van der Waals surface area contributed by atoms with Crippen LogP contribution in [0.15, 0.2) is 0 Å². The Morgan fingerprint density at radius 1 is 0.400 bits per heavy atom. The molecule has 0 aliphatic rings. The van der Waals surface area contributed by atoms with Gasteiger partial charge < -0.3 is 33.7 Å². The molecule has 0 aliphatic heterocycles. The first-order valence-electron chi connectivity index (χ1n) is 0. The standard InChI is InChI=1S/6FH.2K.H2O.Ti/h6*1H;;;1H2;/q;;;;;;2*+1;;+4/p-6. The van der Waals surface area contributed by atoms with Crippen LogP contribution in [0.5, 0.6) is 0 Å². The minimum atomic E-state index is 0. The van der Waals surface area contributed by atoms with Gasteiger partial charge in [-0.25, -0.2) is 0 Å². The molecule has 0 amide bonds. The van der Waals surface area contributed by atoms with Gasteiger partial charge in [-0.05, 0) is 0 Å². The third-order valence-electron chi connectivity index (χ3n) is 0. The van der Waals surface area contributed by atoms with Crippen LogP contribution >= 0.6 is 0 Å². The Labute approximate surface area is 154 Å². The summed E-state index contributed by atoms with van der Waals surface area (Å²) in [6.45, 7) is 0. The summed E-state index contributed by atoms with van der Waals surface area (Å²) in [5.41, 5.74) is 0. The smallest absolute Gasteiger partial charge is 1.00 e. The SMILES string of the molecule is O.[F-].[F-].[F-].[F-].[F-].[F-].[K+].[K+].[Ti+4]. The fourth-order valence-electron chi connectivity index (χ4n) is 0. The third-order valence-corrected chi connectivity index (χ3v) is 0. The van der Waals surface area contributed by atoms with Gasteiger partial charge >= 0.3 is 124 Å². The summed E-state index contributed by atoms with van der Waals surface area (Å²) in [5, 5.41) is 0. The van der Waals surface area contributed by atoms with Crippen molar-refractivity contribution in [3.63, 3.8) is 0 Å². The molecule has 0 aromatic rings. The second-order valence-corrected chi connectivity index (χ2v) is 0. The summed E-state index contributed by atoms with van der Waals surface area (Å²) < 4.78 is 0. The van der Waals surface area contributed by atoms with Gasteiger partial charge in [-0.3, -0.25) is 0 Å². The van der Waals surface area contributed by atoms with Gasteiger partial charge in [0.1, 0.15) is 0 Å². The summed E-state index contributed by atoms with van der Waals surface area (Å²) in [6, 6.07) is 0. The van der Waals surface area contributed by atoms with Crippen LogP contribution in [0.3, 0.4) is 0 Å². The molecule has 10 heteroatoms. The molecule has 0 aromatic carbocycles. The number of rotatable bonds is 0. The first-order valence-corrected chi connectivity index (χ1v) is 0. The van der Waals surface area contributed by atoms with Crippen LogP contribution in [0.2, 0.25) is 0 Å². The van der Waals surface area contributed by atoms with Crippen LogP contribution in [0, 0.1) is 0 Å². The van der Waals surface area contributed by atoms with Gasteiger partial charge in [0.05, 0.1) is 0 Å². The summed E-state index contributed by atoms with van der Waals surface area (Å²) in [6.07, 6.45) is 0. The van der Waals surface area contributed by atoms with Crippen molar-refractivity contribution < 1.29 is 158 Å². The second-order valence-electron chi connectivity index (χ2n) is 0. The molecule has 2 N–H and O–H groups in total. The van der Waals surface area contributed by atoms with Crippen molar-refractivity contribution in [1.82, 2.24) is 0 Å². The monoisotopic (exact) mass is 258 g/mol. The molecule has 0 aromatic heterocycles. The fraction of sp³-hybridized carbons (Fsp3) is 0. The second kappa shape index (κ2) is 134. The van der Waals surface area contributed by atoms with Gasteiger partial charge in [0.2, 0.25) is 0 Å². The van der Waals surface area contributed by atoms with Crippen LogP contribution in [-0.4, -0.2) is 5.48 Å². The Morgan fingerprint density at radius 2 is 0.400 bits per heavy atom. The molecule has 1 nitrogen and oxygen atoms in total. The van der Waals surface area contributed by atoms with E-state index in [9.17, 15) is 0 Å². The first-order chi connectivity index (χ1) is 0. The van der Waals surface area contributed by atoms with Crippen LogP contribution in [0.4, 0.5) is 0 Å². The molecule has 0 spiro atoms. The molecule has 10 heavy (non-hydrogen) atoms. The Balaban J connectivity index is 0. The van der Waals surface area contributed by atoms with Gasteiger partial charge in [0, 0.05) is 0 Å². The summed E-state index contributed by atoms with van der Waals surface area (Å²) in [4.78, 5) is 0. The molecule has 0 unspecified atom stereocenters. The summed E-state index contributed by atoms with van der Waals surface area (Å²) >= 11 is 0. The minimum absolute atomic E-state index is 0. The molecule has 0 rings (SSSR count). The van der Waals surface area contributed by atoms with Crippen molar-refractivity contribution in [2.75, 3.05) is 0 Å². The number of hydrogen-bond acceptors (Lipinski definition) is 0. The summed E-state index contributed by atoms with van der Waals surface area (Å²) in [7, 11) is 0. The van der Waals surface area contributed by atoms with E-state index >= 15 is 0 Å². The minimum Gasteiger partial charge on any atom is -1.00 e. The molecule has 0 aliphatic carbocycles. The first kappa shape index (κ1) is 171. The van der Waals surface area contributed by atoms with Gasteiger partial charge in [-0.1, -0.05) is 0 Å². The van der Waals surface area contributed by atoms with Gasteiger partial charge in [0.25, 0.3) is 0 Å². The van der Waals surface area contributed by atoms with Gasteiger partial charge in [-0.15, -0.1) is 0 Å². The topological polar surface area (TPSA) is 31.5 Å². The maximum Gasteiger partial charge on any atom is 4.00 e. The Bertz CT molecular complexity index is 15.7. The maximum atomic E-state index is 0. The maximum absolute atomic E-state index is 0. The van der Waals surface area contributed by atoms with Crippen molar-refractivity contribution >= 4 is 0 Å². The third kappa shape index (κ3) is 103. The van der Waals surface area contributed by atoms with Crippen LogP contribution < -0.4 is 131 Å². The molecular formula is H2F6K2OTi. The van der Waals surface area contributed by atoms with Gasteiger partial charge in [0.15, 0.2) is 0 Å². The van der Waals surface area contributed by atoms with Crippen molar-refractivity contribution in [3.8, 4) is 0 Å². The van der Waals surface area contributed by atoms with E-state index in [1.165, 1.54) is 0 Å². The zero-order valence-electron chi connectivity index (χ0n) is 5.27. The predicted molar refractivity (Wildman–Crippen MR) is 3.61 cm³/mol. The zero-order chi connectivity index (χ0) is 0. The van der Waals surface area contributed by atoms with Gasteiger partial charge in [-0.2, -0.15) is 0 Å². The molecule has 0 radical (unpaired) electrons. The Kier molecular flexibility index (Phi) is 2280. The Morgan fingerprint density at radius 3 is 0.400 bits per heavy atom. The molecule has 0 saturated carbocycles. The molecule has 0 bridgehead atoms. The molecule has 0 saturated heterocycles. The van der Waals surface area contributed by atoms with E-state index in [0.717, 1.165) is 0 Å². The fourth-order valence-corrected chi connectivity index (χ4v) is 0. The summed E-state index contributed by atoms with van der Waals surface area (Å²) in [5.74, 6) is 0. The van der Waals surface area contributed by atoms with E-state index in [2.05, 4.69) is 0 Å². The van der Waals surface area contributed by atoms with E-state index in [-0.39, 0.29) is 158 Å². The average Bonchev–Trinajstić information content (AvgIpc) is 0. The Hall–Kier alpha value is 3.53. The zero-order valence-corrected chi connectivity index (χ0v) is 13.1. The van der Waals surface area contributed by atoms with Crippen molar-refractivity contribution in [2.24, 2.45) is 0 Å². The van der Waals surface area contributed by atoms with Crippen LogP contribution in [0.25, 0.3) is 0 Å². The van der Waals surface area contributed by atoms with E-state index in [4.69, 9.17) is 0 Å². The van der Waals surface area contributed by atoms with Crippen LogP contribution in [0.1, 0.15) is 0 Å². The van der Waals surface area contributed by atoms with E-state index < -0.39 is 0 Å². The largest absolute Gasteiger partial charge is 4.00 e. The average molecular weight is 258 g/mol. The number of hydrogen-bond donors (Lipinski definition) is 0. The van der Waals surface area contributed by atoms with Crippen molar-refractivity contribution in [2.45, 2.75) is 0 Å². The molecule has 0 atom stereocenters. The molecular weight excluding hydrogens is 256 g/mol. The van der Waals surface area contributed by atoms with Crippen molar-refractivity contribution in [3.05, 3.63) is 0 Å². The quantitative estimate of drug-likeness (QED) is 0.305. The van der Waals surface area contributed by atoms with Crippen molar-refractivity contribution in [1.29, 1.82) is 0 Å². The molecule has 0 heterocycles.